The van der Waals surface area contributed by atoms with Crippen molar-refractivity contribution in [2.45, 2.75) is 12.8 Å². The molecular weight excluding hydrogens is 372 g/mol. The predicted octanol–water partition coefficient (Wildman–Crippen LogP) is 0.631. The van der Waals surface area contributed by atoms with Gasteiger partial charge in [-0.25, -0.2) is 28.2 Å². The van der Waals surface area contributed by atoms with Gasteiger partial charge in [0.05, 0.1) is 11.1 Å². The fourth-order valence-corrected chi connectivity index (χ4v) is 4.49. The summed E-state index contributed by atoms with van der Waals surface area (Å²) in [7, 11) is -1.57. The van der Waals surface area contributed by atoms with Gasteiger partial charge >= 0.3 is 0 Å². The molecule has 3 rings (SSSR count). The average molecular weight is 389 g/mol. The average Bonchev–Trinajstić information content (AvgIpc) is 2.73. The topological polar surface area (TPSA) is 107 Å². The minimum Gasteiger partial charge on any atom is -0.356 e. The minimum absolute atomic E-state index is 0.0522. The van der Waals surface area contributed by atoms with E-state index in [0.29, 0.717) is 4.60 Å². The number of primary sulfonamides is 1. The third-order valence-electron chi connectivity index (χ3n) is 3.94. The van der Waals surface area contributed by atoms with E-state index in [1.807, 2.05) is 7.05 Å². The molecule has 10 heteroatoms. The molecule has 1 aliphatic rings. The number of aryl methyl sites for hydroxylation is 1. The highest BCUT2D eigenvalue weighted by atomic mass is 79.9. The molecule has 8 nitrogen and oxygen atoms in total. The van der Waals surface area contributed by atoms with Gasteiger partial charge in [0.25, 0.3) is 0 Å². The third kappa shape index (κ3) is 3.08. The van der Waals surface area contributed by atoms with Crippen molar-refractivity contribution in [3.63, 3.8) is 0 Å². The molecule has 0 aliphatic carbocycles. The Labute approximate surface area is 136 Å². The van der Waals surface area contributed by atoms with Crippen LogP contribution >= 0.6 is 15.9 Å². The number of anilines is 1. The highest BCUT2D eigenvalue weighted by Gasteiger charge is 2.25. The molecule has 2 aromatic rings. The fourth-order valence-electron chi connectivity index (χ4n) is 2.91. The molecule has 0 radical (unpaired) electrons. The second-order valence-corrected chi connectivity index (χ2v) is 7.98. The van der Waals surface area contributed by atoms with Crippen LogP contribution in [-0.4, -0.2) is 47.0 Å². The summed E-state index contributed by atoms with van der Waals surface area (Å²) in [6.45, 7) is 1.49. The van der Waals surface area contributed by atoms with Crippen molar-refractivity contribution >= 4 is 42.8 Å². The first-order valence-electron chi connectivity index (χ1n) is 6.94. The number of nitrogens with two attached hydrogens (primary N) is 1. The van der Waals surface area contributed by atoms with Crippen LogP contribution in [0.1, 0.15) is 12.8 Å². The monoisotopic (exact) mass is 388 g/mol. The minimum atomic E-state index is -3.41. The molecule has 1 fully saturated rings. The number of hydrogen-bond donors (Lipinski definition) is 1. The molecule has 1 saturated heterocycles. The number of rotatable bonds is 3. The molecule has 120 valence electrons. The van der Waals surface area contributed by atoms with Crippen molar-refractivity contribution in [2.75, 3.05) is 23.7 Å². The Balaban J connectivity index is 1.82. The molecule has 0 aromatic carbocycles. The van der Waals surface area contributed by atoms with Crippen LogP contribution < -0.4 is 10.0 Å². The molecule has 3 heterocycles. The van der Waals surface area contributed by atoms with E-state index in [2.05, 4.69) is 35.9 Å². The molecule has 2 N–H and O–H groups in total. The first kappa shape index (κ1) is 15.6. The number of sulfonamides is 1. The normalized spacial score (nSPS) is 17.3. The van der Waals surface area contributed by atoms with Crippen LogP contribution in [0.25, 0.3) is 11.0 Å². The van der Waals surface area contributed by atoms with Crippen LogP contribution in [0.5, 0.6) is 0 Å². The Morgan fingerprint density at radius 2 is 2.05 bits per heavy atom. The van der Waals surface area contributed by atoms with Gasteiger partial charge in [0.1, 0.15) is 16.7 Å². The zero-order chi connectivity index (χ0) is 15.9. The van der Waals surface area contributed by atoms with Crippen LogP contribution in [0.15, 0.2) is 10.9 Å². The Kier molecular flexibility index (Phi) is 4.08. The first-order valence-corrected chi connectivity index (χ1v) is 9.44. The smallest absolute Gasteiger partial charge is 0.209 e. The van der Waals surface area contributed by atoms with E-state index < -0.39 is 10.0 Å². The standard InChI is InChI=1S/C12H17BrN6O2S/c1-18-11-9(10(13)17-18)12(16-7-15-11)19-4-2-8(3-5-19)6-22(14,20)21/h7-8H,2-6H2,1H3,(H2,14,20,21). The number of nitrogens with zero attached hydrogens (tertiary/aromatic N) is 5. The summed E-state index contributed by atoms with van der Waals surface area (Å²) in [4.78, 5) is 10.8. The molecule has 0 atom stereocenters. The lowest BCUT2D eigenvalue weighted by Gasteiger charge is -2.32. The number of aromatic nitrogens is 4. The number of hydrogen-bond acceptors (Lipinski definition) is 6. The number of piperidine rings is 1. The van der Waals surface area contributed by atoms with Crippen molar-refractivity contribution < 1.29 is 8.42 Å². The van der Waals surface area contributed by atoms with Gasteiger partial charge in [-0.3, -0.25) is 0 Å². The Hall–Kier alpha value is -1.26. The largest absolute Gasteiger partial charge is 0.356 e. The number of halogens is 1. The third-order valence-corrected chi connectivity index (χ3v) is 5.43. The zero-order valence-electron chi connectivity index (χ0n) is 12.1. The van der Waals surface area contributed by atoms with Crippen LogP contribution in [0.2, 0.25) is 0 Å². The van der Waals surface area contributed by atoms with Gasteiger partial charge in [0, 0.05) is 20.1 Å². The molecule has 0 amide bonds. The second-order valence-electron chi connectivity index (χ2n) is 5.57. The lowest BCUT2D eigenvalue weighted by atomic mass is 9.99. The van der Waals surface area contributed by atoms with Crippen molar-refractivity contribution in [3.8, 4) is 0 Å². The summed E-state index contributed by atoms with van der Waals surface area (Å²) >= 11 is 3.45. The predicted molar refractivity (Wildman–Crippen MR) is 86.9 cm³/mol. The van der Waals surface area contributed by atoms with Crippen molar-refractivity contribution in [3.05, 3.63) is 10.9 Å². The van der Waals surface area contributed by atoms with Gasteiger partial charge in [-0.15, -0.1) is 0 Å². The first-order chi connectivity index (χ1) is 10.3. The molecule has 0 saturated carbocycles. The summed E-state index contributed by atoms with van der Waals surface area (Å²) in [5.41, 5.74) is 0.767. The van der Waals surface area contributed by atoms with Crippen LogP contribution in [0, 0.1) is 5.92 Å². The maximum Gasteiger partial charge on any atom is 0.209 e. The highest BCUT2D eigenvalue weighted by molar-refractivity contribution is 9.10. The van der Waals surface area contributed by atoms with E-state index in [9.17, 15) is 8.42 Å². The van der Waals surface area contributed by atoms with Crippen LogP contribution in [-0.2, 0) is 17.1 Å². The fraction of sp³-hybridized carbons (Fsp3) is 0.583. The Bertz CT molecular complexity index is 797. The van der Waals surface area contributed by atoms with Crippen molar-refractivity contribution in [1.29, 1.82) is 0 Å². The quantitative estimate of drug-likeness (QED) is 0.825. The summed E-state index contributed by atoms with van der Waals surface area (Å²) in [5, 5.41) is 10.3. The molecule has 0 spiro atoms. The lowest BCUT2D eigenvalue weighted by Crippen LogP contribution is -2.37. The molecule has 0 unspecified atom stereocenters. The molecule has 0 bridgehead atoms. The SMILES string of the molecule is Cn1nc(Br)c2c(N3CCC(CS(N)(=O)=O)CC3)ncnc21. The van der Waals surface area contributed by atoms with E-state index in [1.54, 1.807) is 4.68 Å². The summed E-state index contributed by atoms with van der Waals surface area (Å²) in [6.07, 6.45) is 3.09. The van der Waals surface area contributed by atoms with Gasteiger partial charge in [0.15, 0.2) is 5.65 Å². The van der Waals surface area contributed by atoms with E-state index in [4.69, 9.17) is 5.14 Å². The summed E-state index contributed by atoms with van der Waals surface area (Å²) in [6, 6.07) is 0. The number of fused-ring (bicyclic) bond motifs is 1. The Morgan fingerprint density at radius 3 is 2.68 bits per heavy atom. The van der Waals surface area contributed by atoms with E-state index in [0.717, 1.165) is 42.8 Å². The highest BCUT2D eigenvalue weighted by Crippen LogP contribution is 2.31. The van der Waals surface area contributed by atoms with Gasteiger partial charge in [-0.1, -0.05) is 0 Å². The van der Waals surface area contributed by atoms with Crippen molar-refractivity contribution in [2.24, 2.45) is 18.1 Å². The lowest BCUT2D eigenvalue weighted by molar-refractivity contribution is 0.434. The maximum absolute atomic E-state index is 11.2. The van der Waals surface area contributed by atoms with Crippen molar-refractivity contribution in [1.82, 2.24) is 19.7 Å². The van der Waals surface area contributed by atoms with Crippen LogP contribution in [0.3, 0.4) is 0 Å². The van der Waals surface area contributed by atoms with Gasteiger partial charge in [-0.2, -0.15) is 5.10 Å². The van der Waals surface area contributed by atoms with E-state index in [-0.39, 0.29) is 11.7 Å². The van der Waals surface area contributed by atoms with Gasteiger partial charge in [0.2, 0.25) is 10.0 Å². The van der Waals surface area contributed by atoms with E-state index >= 15 is 0 Å². The molecular formula is C12H17BrN6O2S. The second kappa shape index (κ2) is 5.74. The summed E-state index contributed by atoms with van der Waals surface area (Å²) in [5.74, 6) is 0.997. The Morgan fingerprint density at radius 1 is 1.36 bits per heavy atom. The van der Waals surface area contributed by atoms with Gasteiger partial charge < -0.3 is 4.90 Å². The summed E-state index contributed by atoms with van der Waals surface area (Å²) < 4.78 is 24.8. The van der Waals surface area contributed by atoms with Gasteiger partial charge in [-0.05, 0) is 34.7 Å². The molecule has 2 aromatic heterocycles. The molecule has 1 aliphatic heterocycles. The maximum atomic E-state index is 11.2. The zero-order valence-corrected chi connectivity index (χ0v) is 14.5. The van der Waals surface area contributed by atoms with E-state index in [1.165, 1.54) is 6.33 Å². The molecule has 22 heavy (non-hydrogen) atoms. The van der Waals surface area contributed by atoms with Crippen LogP contribution in [0.4, 0.5) is 5.82 Å².